The molecule has 0 atom stereocenters. The highest BCUT2D eigenvalue weighted by atomic mass is 16.5. The molecule has 0 saturated heterocycles. The minimum Gasteiger partial charge on any atom is -0.497 e. The summed E-state index contributed by atoms with van der Waals surface area (Å²) in [5.74, 6) is 0.829. The number of hydrogen-bond acceptors (Lipinski definition) is 3. The summed E-state index contributed by atoms with van der Waals surface area (Å²) in [6, 6.07) is 11.9. The van der Waals surface area contributed by atoms with Crippen molar-refractivity contribution in [3.8, 4) is 17.0 Å². The predicted octanol–water partition coefficient (Wildman–Crippen LogP) is 3.05. The van der Waals surface area contributed by atoms with E-state index in [9.17, 15) is 4.79 Å². The molecule has 0 aliphatic heterocycles. The minimum atomic E-state index is 0.563. The Labute approximate surface area is 110 Å². The van der Waals surface area contributed by atoms with Crippen LogP contribution in [0.1, 0.15) is 10.4 Å². The highest BCUT2D eigenvalue weighted by Crippen LogP contribution is 2.27. The first-order valence-electron chi connectivity index (χ1n) is 5.88. The second-order valence-corrected chi connectivity index (χ2v) is 4.25. The number of carbonyl (C=O) groups is 1. The molecule has 4 heteroatoms. The lowest BCUT2D eigenvalue weighted by molar-refractivity contribution is 0.112. The average molecular weight is 252 g/mol. The van der Waals surface area contributed by atoms with Gasteiger partial charge in [-0.15, -0.1) is 0 Å². The van der Waals surface area contributed by atoms with Gasteiger partial charge in [-0.05, 0) is 29.0 Å². The number of benzene rings is 2. The summed E-state index contributed by atoms with van der Waals surface area (Å²) in [7, 11) is 1.65. The Kier molecular flexibility index (Phi) is 2.76. The molecule has 0 spiro atoms. The molecule has 0 unspecified atom stereocenters. The van der Waals surface area contributed by atoms with Gasteiger partial charge < -0.3 is 4.74 Å². The van der Waals surface area contributed by atoms with Gasteiger partial charge in [-0.1, -0.05) is 18.2 Å². The zero-order valence-electron chi connectivity index (χ0n) is 10.4. The van der Waals surface area contributed by atoms with Crippen LogP contribution in [0.2, 0.25) is 0 Å². The summed E-state index contributed by atoms with van der Waals surface area (Å²) < 4.78 is 5.20. The van der Waals surface area contributed by atoms with Gasteiger partial charge in [0.2, 0.25) is 0 Å². The summed E-state index contributed by atoms with van der Waals surface area (Å²) in [5.41, 5.74) is 2.25. The Bertz CT molecular complexity index is 747. The van der Waals surface area contributed by atoms with Gasteiger partial charge in [0.15, 0.2) is 6.29 Å². The summed E-state index contributed by atoms with van der Waals surface area (Å²) in [4.78, 5) is 10.9. The van der Waals surface area contributed by atoms with Crippen LogP contribution in [0.4, 0.5) is 0 Å². The molecule has 3 rings (SSSR count). The van der Waals surface area contributed by atoms with Gasteiger partial charge in [0.25, 0.3) is 0 Å². The molecule has 1 aromatic heterocycles. The molecular formula is C15H12N2O2. The van der Waals surface area contributed by atoms with Gasteiger partial charge in [-0.3, -0.25) is 9.89 Å². The quantitative estimate of drug-likeness (QED) is 0.729. The van der Waals surface area contributed by atoms with E-state index in [2.05, 4.69) is 10.2 Å². The monoisotopic (exact) mass is 252 g/mol. The molecule has 0 bridgehead atoms. The number of ether oxygens (including phenoxy) is 1. The van der Waals surface area contributed by atoms with Crippen LogP contribution >= 0.6 is 0 Å². The van der Waals surface area contributed by atoms with E-state index < -0.39 is 0 Å². The number of nitrogens with zero attached hydrogens (tertiary/aromatic N) is 1. The third kappa shape index (κ3) is 1.97. The van der Waals surface area contributed by atoms with Gasteiger partial charge in [0, 0.05) is 5.56 Å². The van der Waals surface area contributed by atoms with Crippen LogP contribution in [-0.2, 0) is 0 Å². The van der Waals surface area contributed by atoms with Gasteiger partial charge in [-0.25, -0.2) is 0 Å². The Morgan fingerprint density at radius 3 is 2.74 bits per heavy atom. The van der Waals surface area contributed by atoms with Crippen molar-refractivity contribution in [3.63, 3.8) is 0 Å². The molecule has 0 radical (unpaired) electrons. The smallest absolute Gasteiger partial charge is 0.153 e. The standard InChI is InChI=1S/C15H12N2O2/c1-19-14-5-4-10-6-12(3-2-11(10)7-14)15-13(9-18)8-16-17-15/h2-9H,1H3,(H,16,17). The number of nitrogens with one attached hydrogen (secondary N) is 1. The molecule has 0 amide bonds. The van der Waals surface area contributed by atoms with Crippen molar-refractivity contribution in [1.82, 2.24) is 10.2 Å². The van der Waals surface area contributed by atoms with E-state index >= 15 is 0 Å². The third-order valence-electron chi connectivity index (χ3n) is 3.13. The number of fused-ring (bicyclic) bond motifs is 1. The summed E-state index contributed by atoms with van der Waals surface area (Å²) in [6.45, 7) is 0. The molecule has 1 N–H and O–H groups in total. The van der Waals surface area contributed by atoms with E-state index in [0.717, 1.165) is 34.1 Å². The number of hydrogen-bond donors (Lipinski definition) is 1. The zero-order chi connectivity index (χ0) is 13.2. The van der Waals surface area contributed by atoms with Crippen LogP contribution in [0.3, 0.4) is 0 Å². The fourth-order valence-corrected chi connectivity index (χ4v) is 2.12. The molecule has 19 heavy (non-hydrogen) atoms. The van der Waals surface area contributed by atoms with Gasteiger partial charge in [0.05, 0.1) is 24.6 Å². The predicted molar refractivity (Wildman–Crippen MR) is 73.5 cm³/mol. The molecule has 1 heterocycles. The number of methoxy groups -OCH3 is 1. The van der Waals surface area contributed by atoms with Crippen LogP contribution < -0.4 is 4.74 Å². The van der Waals surface area contributed by atoms with E-state index in [0.29, 0.717) is 5.56 Å². The number of aldehydes is 1. The Balaban J connectivity index is 2.14. The topological polar surface area (TPSA) is 55.0 Å². The SMILES string of the molecule is COc1ccc2cc(-c3[nH]ncc3C=O)ccc2c1. The van der Waals surface area contributed by atoms with Crippen molar-refractivity contribution < 1.29 is 9.53 Å². The first-order valence-corrected chi connectivity index (χ1v) is 5.88. The number of aromatic amines is 1. The second-order valence-electron chi connectivity index (χ2n) is 4.25. The van der Waals surface area contributed by atoms with E-state index in [-0.39, 0.29) is 0 Å². The normalized spacial score (nSPS) is 10.6. The molecule has 94 valence electrons. The van der Waals surface area contributed by atoms with Crippen molar-refractivity contribution >= 4 is 17.1 Å². The lowest BCUT2D eigenvalue weighted by Gasteiger charge is -2.05. The van der Waals surface area contributed by atoms with Crippen molar-refractivity contribution in [2.75, 3.05) is 7.11 Å². The number of aromatic nitrogens is 2. The molecule has 2 aromatic carbocycles. The summed E-state index contributed by atoms with van der Waals surface area (Å²) in [5, 5.41) is 8.94. The lowest BCUT2D eigenvalue weighted by atomic mass is 10.0. The maximum absolute atomic E-state index is 10.9. The van der Waals surface area contributed by atoms with Crippen LogP contribution in [-0.4, -0.2) is 23.6 Å². The molecule has 3 aromatic rings. The number of carbonyl (C=O) groups excluding carboxylic acids is 1. The maximum Gasteiger partial charge on any atom is 0.153 e. The van der Waals surface area contributed by atoms with Crippen LogP contribution in [0.25, 0.3) is 22.0 Å². The van der Waals surface area contributed by atoms with Crippen LogP contribution in [0.15, 0.2) is 42.6 Å². The molecule has 0 aliphatic rings. The highest BCUT2D eigenvalue weighted by Gasteiger charge is 2.07. The van der Waals surface area contributed by atoms with Crippen molar-refractivity contribution in [1.29, 1.82) is 0 Å². The Morgan fingerprint density at radius 2 is 1.95 bits per heavy atom. The van der Waals surface area contributed by atoms with Crippen molar-refractivity contribution in [2.24, 2.45) is 0 Å². The number of rotatable bonds is 3. The van der Waals surface area contributed by atoms with E-state index in [1.165, 1.54) is 6.20 Å². The minimum absolute atomic E-state index is 0.563. The maximum atomic E-state index is 10.9. The molecule has 0 aliphatic carbocycles. The van der Waals surface area contributed by atoms with Crippen molar-refractivity contribution in [3.05, 3.63) is 48.2 Å². The van der Waals surface area contributed by atoms with Crippen molar-refractivity contribution in [2.45, 2.75) is 0 Å². The number of H-pyrrole nitrogens is 1. The van der Waals surface area contributed by atoms with E-state index in [1.807, 2.05) is 36.4 Å². The fraction of sp³-hybridized carbons (Fsp3) is 0.0667. The second kappa shape index (κ2) is 4.57. The van der Waals surface area contributed by atoms with Crippen LogP contribution in [0.5, 0.6) is 5.75 Å². The molecule has 4 nitrogen and oxygen atoms in total. The zero-order valence-corrected chi connectivity index (χ0v) is 10.4. The van der Waals surface area contributed by atoms with E-state index in [4.69, 9.17) is 4.74 Å². The highest BCUT2D eigenvalue weighted by molar-refractivity contribution is 5.91. The van der Waals surface area contributed by atoms with E-state index in [1.54, 1.807) is 7.11 Å². The first-order chi connectivity index (χ1) is 9.31. The lowest BCUT2D eigenvalue weighted by Crippen LogP contribution is -1.86. The molecular weight excluding hydrogens is 240 g/mol. The largest absolute Gasteiger partial charge is 0.497 e. The average Bonchev–Trinajstić information content (AvgIpc) is 2.94. The summed E-state index contributed by atoms with van der Waals surface area (Å²) in [6.07, 6.45) is 2.33. The van der Waals surface area contributed by atoms with Gasteiger partial charge in [0.1, 0.15) is 5.75 Å². The third-order valence-corrected chi connectivity index (χ3v) is 3.13. The van der Waals surface area contributed by atoms with Crippen LogP contribution in [0, 0.1) is 0 Å². The Hall–Kier alpha value is -2.62. The molecule has 0 saturated carbocycles. The van der Waals surface area contributed by atoms with Gasteiger partial charge in [-0.2, -0.15) is 5.10 Å². The summed E-state index contributed by atoms with van der Waals surface area (Å²) >= 11 is 0. The first kappa shape index (κ1) is 11.5. The fourth-order valence-electron chi connectivity index (χ4n) is 2.12. The Morgan fingerprint density at radius 1 is 1.16 bits per heavy atom. The molecule has 0 fully saturated rings. The van der Waals surface area contributed by atoms with Gasteiger partial charge >= 0.3 is 0 Å².